The smallest absolute Gasteiger partial charge is 0.309 e. The minimum atomic E-state index is -0.889. The summed E-state index contributed by atoms with van der Waals surface area (Å²) in [5.41, 5.74) is 1.72. The van der Waals surface area contributed by atoms with Crippen LogP contribution in [0.25, 0.3) is 0 Å². The molecule has 2 aliphatic heterocycles. The van der Waals surface area contributed by atoms with Gasteiger partial charge in [-0.2, -0.15) is 0 Å². The van der Waals surface area contributed by atoms with Gasteiger partial charge in [-0.1, -0.05) is 45.9 Å². The summed E-state index contributed by atoms with van der Waals surface area (Å²) in [6.07, 6.45) is 0. The maximum absolute atomic E-state index is 13.6. The molecule has 200 valence electrons. The highest BCUT2D eigenvalue weighted by atomic mass is 16.7. The largest absolute Gasteiger partial charge is 0.497 e. The Kier molecular flexibility index (Phi) is 8.27. The second-order valence-corrected chi connectivity index (χ2v) is 10.8. The van der Waals surface area contributed by atoms with Gasteiger partial charge in [0.25, 0.3) is 0 Å². The van der Waals surface area contributed by atoms with Gasteiger partial charge in [0, 0.05) is 31.6 Å². The fourth-order valence-corrected chi connectivity index (χ4v) is 5.51. The van der Waals surface area contributed by atoms with Gasteiger partial charge in [-0.25, -0.2) is 0 Å². The summed E-state index contributed by atoms with van der Waals surface area (Å²) in [6, 6.07) is 12.6. The molecule has 2 aromatic rings. The van der Waals surface area contributed by atoms with Gasteiger partial charge in [-0.05, 0) is 47.2 Å². The molecular weight excluding hydrogens is 472 g/mol. The molecule has 0 spiro atoms. The summed E-state index contributed by atoms with van der Waals surface area (Å²) in [5.74, 6) is 0.724. The van der Waals surface area contributed by atoms with Crippen molar-refractivity contribution in [3.05, 3.63) is 53.6 Å². The van der Waals surface area contributed by atoms with E-state index in [1.165, 1.54) is 0 Å². The first-order valence-electron chi connectivity index (χ1n) is 13.0. The Bertz CT molecular complexity index is 1090. The Morgan fingerprint density at radius 3 is 2.22 bits per heavy atom. The maximum Gasteiger partial charge on any atom is 0.309 e. The van der Waals surface area contributed by atoms with E-state index in [-0.39, 0.29) is 25.2 Å². The fraction of sp³-hybridized carbons (Fsp3) is 0.517. The van der Waals surface area contributed by atoms with E-state index >= 15 is 0 Å². The van der Waals surface area contributed by atoms with Crippen LogP contribution in [-0.2, 0) is 9.59 Å². The van der Waals surface area contributed by atoms with Crippen molar-refractivity contribution in [2.45, 2.75) is 39.7 Å². The second kappa shape index (κ2) is 11.4. The molecule has 1 amide bonds. The van der Waals surface area contributed by atoms with E-state index in [2.05, 4.69) is 27.7 Å². The predicted octanol–water partition coefficient (Wildman–Crippen LogP) is 4.41. The van der Waals surface area contributed by atoms with Crippen molar-refractivity contribution in [3.63, 3.8) is 0 Å². The molecule has 0 bridgehead atoms. The molecule has 0 unspecified atom stereocenters. The van der Waals surface area contributed by atoms with E-state index in [9.17, 15) is 14.7 Å². The van der Waals surface area contributed by atoms with Crippen molar-refractivity contribution < 1.29 is 28.9 Å². The van der Waals surface area contributed by atoms with Crippen molar-refractivity contribution in [2.24, 2.45) is 17.8 Å². The zero-order valence-electron chi connectivity index (χ0n) is 22.3. The molecule has 0 aliphatic carbocycles. The number of carboxylic acid groups (broad SMARTS) is 1. The lowest BCUT2D eigenvalue weighted by Crippen LogP contribution is -2.44. The van der Waals surface area contributed by atoms with Gasteiger partial charge < -0.3 is 24.2 Å². The molecule has 0 aromatic heterocycles. The lowest BCUT2D eigenvalue weighted by Gasteiger charge is -2.31. The summed E-state index contributed by atoms with van der Waals surface area (Å²) in [5, 5.41) is 10.5. The van der Waals surface area contributed by atoms with E-state index in [1.807, 2.05) is 52.3 Å². The lowest BCUT2D eigenvalue weighted by atomic mass is 9.82. The van der Waals surface area contributed by atoms with Crippen LogP contribution in [0, 0.1) is 17.8 Å². The van der Waals surface area contributed by atoms with E-state index in [4.69, 9.17) is 14.2 Å². The minimum Gasteiger partial charge on any atom is -0.497 e. The zero-order chi connectivity index (χ0) is 26.7. The van der Waals surface area contributed by atoms with Crippen molar-refractivity contribution in [3.8, 4) is 17.2 Å². The van der Waals surface area contributed by atoms with E-state index in [0.717, 1.165) is 11.1 Å². The minimum absolute atomic E-state index is 0.0244. The Morgan fingerprint density at radius 1 is 1.00 bits per heavy atom. The number of aliphatic carboxylic acids is 1. The van der Waals surface area contributed by atoms with Crippen molar-refractivity contribution >= 4 is 11.9 Å². The third kappa shape index (κ3) is 6.01. The standard InChI is InChI=1S/C29H38N2O6/c1-18(2)13-30(14-19(3)4)26(32)16-31-15-23(21-8-11-24-25(12-21)37-17-36-24)27(29(33)34)28(31)20-6-9-22(35-5)10-7-20/h6-12,18-19,23,27-28H,13-17H2,1-5H3,(H,33,34)/t23-,27-,28+/m1/s1. The summed E-state index contributed by atoms with van der Waals surface area (Å²) in [4.78, 5) is 30.3. The predicted molar refractivity (Wildman–Crippen MR) is 140 cm³/mol. The third-order valence-corrected chi connectivity index (χ3v) is 7.03. The number of carboxylic acids is 1. The number of ether oxygens (including phenoxy) is 3. The molecule has 37 heavy (non-hydrogen) atoms. The van der Waals surface area contributed by atoms with Crippen LogP contribution in [0.5, 0.6) is 17.2 Å². The average molecular weight is 511 g/mol. The van der Waals surface area contributed by atoms with Crippen LogP contribution in [0.3, 0.4) is 0 Å². The molecule has 8 heteroatoms. The van der Waals surface area contributed by atoms with Crippen LogP contribution in [0.2, 0.25) is 0 Å². The fourth-order valence-electron chi connectivity index (χ4n) is 5.51. The monoisotopic (exact) mass is 510 g/mol. The van der Waals surface area contributed by atoms with Gasteiger partial charge in [0.1, 0.15) is 5.75 Å². The number of methoxy groups -OCH3 is 1. The van der Waals surface area contributed by atoms with E-state index in [1.54, 1.807) is 7.11 Å². The number of likely N-dealkylation sites (tertiary alicyclic amines) is 1. The third-order valence-electron chi connectivity index (χ3n) is 7.03. The Morgan fingerprint density at radius 2 is 1.62 bits per heavy atom. The Labute approximate surface area is 219 Å². The number of hydrogen-bond acceptors (Lipinski definition) is 6. The number of rotatable bonds is 10. The SMILES string of the molecule is COc1ccc([C@H]2[C@H](C(=O)O)[C@@H](c3ccc4c(c3)OCO4)CN2CC(=O)N(CC(C)C)CC(C)C)cc1. The normalized spacial score (nSPS) is 21.0. The molecule has 3 atom stereocenters. The molecule has 2 heterocycles. The molecule has 0 radical (unpaired) electrons. The van der Waals surface area contributed by atoms with Crippen molar-refractivity contribution in [2.75, 3.05) is 40.1 Å². The number of amides is 1. The highest BCUT2D eigenvalue weighted by Crippen LogP contribution is 2.47. The molecular formula is C29H38N2O6. The highest BCUT2D eigenvalue weighted by Gasteiger charge is 2.48. The molecule has 1 fully saturated rings. The number of hydrogen-bond donors (Lipinski definition) is 1. The van der Waals surface area contributed by atoms with Crippen LogP contribution in [0.4, 0.5) is 0 Å². The Balaban J connectivity index is 1.69. The Hall–Kier alpha value is -3.26. The number of fused-ring (bicyclic) bond motifs is 1. The van der Waals surface area contributed by atoms with Crippen LogP contribution in [0.15, 0.2) is 42.5 Å². The number of carbonyl (C=O) groups excluding carboxylic acids is 1. The summed E-state index contributed by atoms with van der Waals surface area (Å²) in [7, 11) is 1.60. The van der Waals surface area contributed by atoms with Crippen molar-refractivity contribution in [1.29, 1.82) is 0 Å². The van der Waals surface area contributed by atoms with Crippen LogP contribution >= 0.6 is 0 Å². The zero-order valence-corrected chi connectivity index (χ0v) is 22.3. The van der Waals surface area contributed by atoms with Gasteiger partial charge in [-0.15, -0.1) is 0 Å². The molecule has 2 aliphatic rings. The van der Waals surface area contributed by atoms with Crippen LogP contribution < -0.4 is 14.2 Å². The van der Waals surface area contributed by atoms with Crippen LogP contribution in [0.1, 0.15) is 50.8 Å². The summed E-state index contributed by atoms with van der Waals surface area (Å²) >= 11 is 0. The first-order chi connectivity index (χ1) is 17.7. The van der Waals surface area contributed by atoms with Gasteiger partial charge in [-0.3, -0.25) is 14.5 Å². The molecule has 4 rings (SSSR count). The number of nitrogens with zero attached hydrogens (tertiary/aromatic N) is 2. The van der Waals surface area contributed by atoms with Crippen LogP contribution in [-0.4, -0.2) is 66.9 Å². The van der Waals surface area contributed by atoms with E-state index < -0.39 is 17.9 Å². The lowest BCUT2D eigenvalue weighted by molar-refractivity contribution is -0.144. The summed E-state index contributed by atoms with van der Waals surface area (Å²) in [6.45, 7) is 10.5. The molecule has 0 saturated carbocycles. The summed E-state index contributed by atoms with van der Waals surface area (Å²) < 4.78 is 16.3. The van der Waals surface area contributed by atoms with Gasteiger partial charge in [0.05, 0.1) is 19.6 Å². The quantitative estimate of drug-likeness (QED) is 0.507. The van der Waals surface area contributed by atoms with E-state index in [0.29, 0.717) is 48.7 Å². The maximum atomic E-state index is 13.6. The highest BCUT2D eigenvalue weighted by molar-refractivity contribution is 5.79. The second-order valence-electron chi connectivity index (χ2n) is 10.8. The average Bonchev–Trinajstić information content (AvgIpc) is 3.47. The molecule has 2 aromatic carbocycles. The first-order valence-corrected chi connectivity index (χ1v) is 13.0. The molecule has 1 saturated heterocycles. The first kappa shape index (κ1) is 26.8. The molecule has 1 N–H and O–H groups in total. The van der Waals surface area contributed by atoms with Gasteiger partial charge >= 0.3 is 5.97 Å². The van der Waals surface area contributed by atoms with Crippen molar-refractivity contribution in [1.82, 2.24) is 9.80 Å². The number of carbonyl (C=O) groups is 2. The van der Waals surface area contributed by atoms with Gasteiger partial charge in [0.2, 0.25) is 12.7 Å². The molecule has 8 nitrogen and oxygen atoms in total. The van der Waals surface area contributed by atoms with Gasteiger partial charge in [0.15, 0.2) is 11.5 Å². The topological polar surface area (TPSA) is 88.5 Å². The number of benzene rings is 2.